The normalized spacial score (nSPS) is 29.1. The summed E-state index contributed by atoms with van der Waals surface area (Å²) in [5.41, 5.74) is 1.35. The number of piperidine rings is 3. The second-order valence-corrected chi connectivity index (χ2v) is 9.00. The number of nitrogens with one attached hydrogen (secondary N) is 1. The second-order valence-electron chi connectivity index (χ2n) is 9.00. The number of nitrogens with zero attached hydrogens (tertiary/aromatic N) is 3. The van der Waals surface area contributed by atoms with Crippen molar-refractivity contribution in [3.05, 3.63) is 54.5 Å². The maximum absolute atomic E-state index is 12.2. The molecule has 160 valence electrons. The van der Waals surface area contributed by atoms with Crippen LogP contribution in [0.2, 0.25) is 0 Å². The van der Waals surface area contributed by atoms with Gasteiger partial charge in [0, 0.05) is 57.5 Å². The molecule has 6 nitrogen and oxygen atoms in total. The third kappa shape index (κ3) is 4.25. The smallest absolute Gasteiger partial charge is 0.287 e. The molecule has 4 fully saturated rings. The molecule has 6 heteroatoms. The van der Waals surface area contributed by atoms with E-state index in [9.17, 15) is 4.79 Å². The van der Waals surface area contributed by atoms with Gasteiger partial charge in [0.15, 0.2) is 5.76 Å². The Hall–Kier alpha value is -2.31. The number of piperazine rings is 1. The molecular weight excluding hydrogens is 376 g/mol. The van der Waals surface area contributed by atoms with Crippen molar-refractivity contribution in [1.29, 1.82) is 0 Å². The van der Waals surface area contributed by atoms with E-state index in [2.05, 4.69) is 50.3 Å². The molecule has 4 atom stereocenters. The third-order valence-corrected chi connectivity index (χ3v) is 7.24. The van der Waals surface area contributed by atoms with E-state index < -0.39 is 0 Å². The van der Waals surface area contributed by atoms with Gasteiger partial charge in [0.2, 0.25) is 0 Å². The number of rotatable bonds is 6. The number of benzene rings is 1. The summed E-state index contributed by atoms with van der Waals surface area (Å²) in [6.45, 7) is 8.82. The molecule has 0 spiro atoms. The molecule has 4 aliphatic rings. The second kappa shape index (κ2) is 8.82. The standard InChI is InChI=1S/C24H32N4O2/c29-24(23-7-4-14-30-23)25-16-22-15-19-8-9-28(22)18-20(19)17-26-10-12-27(13-11-26)21-5-2-1-3-6-21/h1-7,14,19-20,22H,8-13,15-18H2,(H,25,29)/t19-,20-,22+/m0/s1. The van der Waals surface area contributed by atoms with E-state index in [0.717, 1.165) is 44.6 Å². The zero-order chi connectivity index (χ0) is 20.3. The van der Waals surface area contributed by atoms with Crippen LogP contribution in [0, 0.1) is 11.8 Å². The Morgan fingerprint density at radius 1 is 1.03 bits per heavy atom. The van der Waals surface area contributed by atoms with Crippen molar-refractivity contribution in [2.24, 2.45) is 11.8 Å². The van der Waals surface area contributed by atoms with E-state index in [1.54, 1.807) is 18.4 Å². The van der Waals surface area contributed by atoms with Crippen LogP contribution in [0.25, 0.3) is 0 Å². The van der Waals surface area contributed by atoms with Crippen LogP contribution in [0.5, 0.6) is 0 Å². The van der Waals surface area contributed by atoms with E-state index in [1.807, 2.05) is 0 Å². The predicted molar refractivity (Wildman–Crippen MR) is 118 cm³/mol. The quantitative estimate of drug-likeness (QED) is 0.796. The van der Waals surface area contributed by atoms with Crippen LogP contribution in [-0.4, -0.2) is 74.1 Å². The average Bonchev–Trinajstić information content (AvgIpc) is 3.34. The summed E-state index contributed by atoms with van der Waals surface area (Å²) in [5, 5.41) is 3.07. The van der Waals surface area contributed by atoms with Gasteiger partial charge >= 0.3 is 0 Å². The van der Waals surface area contributed by atoms with Crippen LogP contribution in [-0.2, 0) is 0 Å². The van der Waals surface area contributed by atoms with Crippen molar-refractivity contribution in [3.8, 4) is 0 Å². The molecule has 0 saturated carbocycles. The first-order valence-electron chi connectivity index (χ1n) is 11.3. The highest BCUT2D eigenvalue weighted by Gasteiger charge is 2.40. The van der Waals surface area contributed by atoms with E-state index in [1.165, 1.54) is 38.2 Å². The Kier molecular flexibility index (Phi) is 5.77. The van der Waals surface area contributed by atoms with Gasteiger partial charge in [-0.05, 0) is 55.5 Å². The minimum atomic E-state index is -0.101. The molecule has 0 radical (unpaired) electrons. The average molecular weight is 409 g/mol. The number of furan rings is 1. The van der Waals surface area contributed by atoms with Crippen LogP contribution < -0.4 is 10.2 Å². The first kappa shape index (κ1) is 19.6. The lowest BCUT2D eigenvalue weighted by Gasteiger charge is -2.51. The summed E-state index contributed by atoms with van der Waals surface area (Å²) in [6, 6.07) is 14.7. The largest absolute Gasteiger partial charge is 0.459 e. The summed E-state index contributed by atoms with van der Waals surface area (Å²) in [5.74, 6) is 1.85. The Labute approximate surface area is 178 Å². The summed E-state index contributed by atoms with van der Waals surface area (Å²) in [7, 11) is 0. The molecule has 6 rings (SSSR count). The molecule has 5 heterocycles. The molecule has 1 unspecified atom stereocenters. The fraction of sp³-hybridized carbons (Fsp3) is 0.542. The van der Waals surface area contributed by atoms with Gasteiger partial charge in [-0.1, -0.05) is 18.2 Å². The first-order chi connectivity index (χ1) is 14.8. The van der Waals surface area contributed by atoms with Gasteiger partial charge in [0.25, 0.3) is 5.91 Å². The fourth-order valence-corrected chi connectivity index (χ4v) is 5.53. The minimum absolute atomic E-state index is 0.101. The summed E-state index contributed by atoms with van der Waals surface area (Å²) >= 11 is 0. The van der Waals surface area contributed by atoms with Crippen LogP contribution in [0.4, 0.5) is 5.69 Å². The lowest BCUT2D eigenvalue weighted by Crippen LogP contribution is -2.59. The molecular formula is C24H32N4O2. The Morgan fingerprint density at radius 2 is 1.87 bits per heavy atom. The number of carbonyl (C=O) groups is 1. The van der Waals surface area contributed by atoms with Crippen molar-refractivity contribution in [2.45, 2.75) is 18.9 Å². The zero-order valence-corrected chi connectivity index (χ0v) is 17.6. The van der Waals surface area contributed by atoms with E-state index in [-0.39, 0.29) is 5.91 Å². The molecule has 1 aromatic heterocycles. The molecule has 1 aromatic carbocycles. The molecule has 4 saturated heterocycles. The molecule has 2 bridgehead atoms. The molecule has 2 aromatic rings. The number of amides is 1. The highest BCUT2D eigenvalue weighted by atomic mass is 16.3. The van der Waals surface area contributed by atoms with Gasteiger partial charge in [-0.2, -0.15) is 0 Å². The van der Waals surface area contributed by atoms with Crippen LogP contribution >= 0.6 is 0 Å². The molecule has 1 amide bonds. The van der Waals surface area contributed by atoms with Crippen molar-refractivity contribution in [1.82, 2.24) is 15.1 Å². The summed E-state index contributed by atoms with van der Waals surface area (Å²) in [4.78, 5) is 20.0. The fourth-order valence-electron chi connectivity index (χ4n) is 5.53. The first-order valence-corrected chi connectivity index (χ1v) is 11.3. The van der Waals surface area contributed by atoms with Gasteiger partial charge in [0.05, 0.1) is 6.26 Å². The number of para-hydroxylation sites is 1. The van der Waals surface area contributed by atoms with Crippen molar-refractivity contribution in [3.63, 3.8) is 0 Å². The van der Waals surface area contributed by atoms with Gasteiger partial charge < -0.3 is 14.6 Å². The van der Waals surface area contributed by atoms with Crippen LogP contribution in [0.15, 0.2) is 53.1 Å². The lowest BCUT2D eigenvalue weighted by atomic mass is 9.75. The van der Waals surface area contributed by atoms with E-state index in [4.69, 9.17) is 4.42 Å². The van der Waals surface area contributed by atoms with Gasteiger partial charge in [-0.25, -0.2) is 0 Å². The van der Waals surface area contributed by atoms with E-state index in [0.29, 0.717) is 11.8 Å². The zero-order valence-electron chi connectivity index (χ0n) is 17.6. The van der Waals surface area contributed by atoms with Crippen molar-refractivity contribution < 1.29 is 9.21 Å². The number of carbonyl (C=O) groups excluding carboxylic acids is 1. The van der Waals surface area contributed by atoms with Gasteiger partial charge in [0.1, 0.15) is 0 Å². The summed E-state index contributed by atoms with van der Waals surface area (Å²) < 4.78 is 5.20. The van der Waals surface area contributed by atoms with Crippen molar-refractivity contribution in [2.75, 3.05) is 57.3 Å². The molecule has 4 aliphatic heterocycles. The monoisotopic (exact) mass is 408 g/mol. The predicted octanol–water partition coefficient (Wildman–Crippen LogP) is 2.54. The topological polar surface area (TPSA) is 52.0 Å². The Balaban J connectivity index is 1.09. The van der Waals surface area contributed by atoms with Crippen LogP contribution in [0.1, 0.15) is 23.4 Å². The van der Waals surface area contributed by atoms with E-state index >= 15 is 0 Å². The number of hydrogen-bond acceptors (Lipinski definition) is 5. The molecule has 30 heavy (non-hydrogen) atoms. The highest BCUT2D eigenvalue weighted by molar-refractivity contribution is 5.91. The van der Waals surface area contributed by atoms with Crippen LogP contribution in [0.3, 0.4) is 0 Å². The molecule has 1 N–H and O–H groups in total. The SMILES string of the molecule is O=C(NC[C@H]1C[C@@H]2CCN1C[C@@H]2CN1CCN(c2ccccc2)CC1)c1ccco1. The molecule has 0 aliphatic carbocycles. The van der Waals surface area contributed by atoms with Gasteiger partial charge in [-0.15, -0.1) is 0 Å². The maximum Gasteiger partial charge on any atom is 0.287 e. The van der Waals surface area contributed by atoms with Crippen molar-refractivity contribution >= 4 is 11.6 Å². The Morgan fingerprint density at radius 3 is 2.57 bits per heavy atom. The highest BCUT2D eigenvalue weighted by Crippen LogP contribution is 2.36. The third-order valence-electron chi connectivity index (χ3n) is 7.24. The maximum atomic E-state index is 12.2. The Bertz CT molecular complexity index is 817. The lowest BCUT2D eigenvalue weighted by molar-refractivity contribution is -0.0121. The number of fused-ring (bicyclic) bond motifs is 3. The summed E-state index contributed by atoms with van der Waals surface area (Å²) in [6.07, 6.45) is 4.05. The number of anilines is 1. The number of hydrogen-bond donors (Lipinski definition) is 1. The minimum Gasteiger partial charge on any atom is -0.459 e. The van der Waals surface area contributed by atoms with Gasteiger partial charge in [-0.3, -0.25) is 14.6 Å².